The van der Waals surface area contributed by atoms with Gasteiger partial charge in [-0.25, -0.2) is 4.39 Å². The van der Waals surface area contributed by atoms with Crippen molar-refractivity contribution in [3.05, 3.63) is 47.4 Å². The second kappa shape index (κ2) is 5.55. The van der Waals surface area contributed by atoms with Gasteiger partial charge in [-0.15, -0.1) is 0 Å². The molecule has 1 aromatic carbocycles. The van der Waals surface area contributed by atoms with Gasteiger partial charge in [0.25, 0.3) is 0 Å². The summed E-state index contributed by atoms with van der Waals surface area (Å²) in [5, 5.41) is 7.55. The van der Waals surface area contributed by atoms with E-state index in [1.165, 1.54) is 17.9 Å². The zero-order chi connectivity index (χ0) is 14.8. The quantitative estimate of drug-likeness (QED) is 0.877. The molecular formula is C15H16FN3O2. The van der Waals surface area contributed by atoms with Crippen molar-refractivity contribution in [3.8, 4) is 0 Å². The molecule has 1 N–H and O–H groups in total. The van der Waals surface area contributed by atoms with Crippen LogP contribution in [0.1, 0.15) is 23.6 Å². The Morgan fingerprint density at radius 3 is 3.19 bits per heavy atom. The number of anilines is 1. The third-order valence-electron chi connectivity index (χ3n) is 3.70. The first-order valence-electron chi connectivity index (χ1n) is 6.81. The summed E-state index contributed by atoms with van der Waals surface area (Å²) in [5.41, 5.74) is 1.77. The van der Waals surface area contributed by atoms with Crippen molar-refractivity contribution < 1.29 is 13.9 Å². The minimum Gasteiger partial charge on any atom is -0.468 e. The first-order valence-corrected chi connectivity index (χ1v) is 6.81. The van der Waals surface area contributed by atoms with Crippen LogP contribution >= 0.6 is 0 Å². The Labute approximate surface area is 121 Å². The fraction of sp³-hybridized carbons (Fsp3) is 0.333. The van der Waals surface area contributed by atoms with Gasteiger partial charge in [0.2, 0.25) is 0 Å². The van der Waals surface area contributed by atoms with E-state index >= 15 is 0 Å². The monoisotopic (exact) mass is 289 g/mol. The lowest BCUT2D eigenvalue weighted by molar-refractivity contribution is -0.141. The topological polar surface area (TPSA) is 56.1 Å². The summed E-state index contributed by atoms with van der Waals surface area (Å²) in [6, 6.07) is 7.00. The number of nitrogens with zero attached hydrogens (tertiary/aromatic N) is 2. The number of fused-ring (bicyclic) bond motifs is 1. The molecule has 2 aromatic rings. The highest BCUT2D eigenvalue weighted by Crippen LogP contribution is 2.34. The fourth-order valence-corrected chi connectivity index (χ4v) is 2.66. The van der Waals surface area contributed by atoms with E-state index < -0.39 is 0 Å². The predicted octanol–water partition coefficient (Wildman–Crippen LogP) is 2.29. The molecule has 21 heavy (non-hydrogen) atoms. The van der Waals surface area contributed by atoms with Crippen molar-refractivity contribution in [2.75, 3.05) is 12.4 Å². The van der Waals surface area contributed by atoms with Crippen LogP contribution in [0.15, 0.2) is 30.5 Å². The molecule has 0 saturated carbocycles. The maximum Gasteiger partial charge on any atom is 0.327 e. The molecule has 0 spiro atoms. The van der Waals surface area contributed by atoms with Crippen LogP contribution in [0, 0.1) is 5.82 Å². The van der Waals surface area contributed by atoms with Crippen LogP contribution in [0.2, 0.25) is 0 Å². The summed E-state index contributed by atoms with van der Waals surface area (Å²) < 4.78 is 19.8. The van der Waals surface area contributed by atoms with Gasteiger partial charge in [0.1, 0.15) is 18.2 Å². The number of rotatable bonds is 4. The number of nitrogens with one attached hydrogen (secondary N) is 1. The maximum absolute atomic E-state index is 13.7. The van der Waals surface area contributed by atoms with Crippen molar-refractivity contribution in [1.82, 2.24) is 9.78 Å². The molecule has 1 atom stereocenters. The summed E-state index contributed by atoms with van der Waals surface area (Å²) in [6.07, 6.45) is 3.27. The van der Waals surface area contributed by atoms with Gasteiger partial charge in [0.15, 0.2) is 0 Å². The Morgan fingerprint density at radius 2 is 2.38 bits per heavy atom. The molecule has 0 bridgehead atoms. The van der Waals surface area contributed by atoms with Crippen LogP contribution in [-0.2, 0) is 22.5 Å². The van der Waals surface area contributed by atoms with Crippen LogP contribution in [-0.4, -0.2) is 22.9 Å². The molecule has 0 aliphatic heterocycles. The molecule has 1 heterocycles. The van der Waals surface area contributed by atoms with E-state index in [2.05, 4.69) is 15.2 Å². The first kappa shape index (κ1) is 13.6. The first-order chi connectivity index (χ1) is 10.2. The number of benzene rings is 1. The van der Waals surface area contributed by atoms with Crippen LogP contribution in [0.5, 0.6) is 0 Å². The Bertz CT molecular complexity index is 669. The number of carbonyl (C=O) groups is 1. The number of aromatic nitrogens is 2. The lowest BCUT2D eigenvalue weighted by Gasteiger charge is -2.13. The average molecular weight is 289 g/mol. The van der Waals surface area contributed by atoms with Crippen molar-refractivity contribution in [1.29, 1.82) is 0 Å². The van der Waals surface area contributed by atoms with Crippen LogP contribution in [0.3, 0.4) is 0 Å². The van der Waals surface area contributed by atoms with Crippen LogP contribution < -0.4 is 5.32 Å². The van der Waals surface area contributed by atoms with Gasteiger partial charge in [-0.3, -0.25) is 9.48 Å². The lowest BCUT2D eigenvalue weighted by atomic mass is 10.1. The molecule has 110 valence electrons. The number of esters is 1. The van der Waals surface area contributed by atoms with Crippen LogP contribution in [0.25, 0.3) is 0 Å². The average Bonchev–Trinajstić information content (AvgIpc) is 3.08. The molecular weight excluding hydrogens is 273 g/mol. The third-order valence-corrected chi connectivity index (χ3v) is 3.70. The standard InChI is InChI=1S/C15H16FN3O2/c1-21-15(20)9-19-8-7-14(18-19)17-13-6-5-10-11(13)3-2-4-12(10)16/h2-4,7-8,13H,5-6,9H2,1H3,(H,17,18). The highest BCUT2D eigenvalue weighted by atomic mass is 19.1. The smallest absolute Gasteiger partial charge is 0.327 e. The number of methoxy groups -OCH3 is 1. The Kier molecular flexibility index (Phi) is 3.60. The van der Waals surface area contributed by atoms with Gasteiger partial charge >= 0.3 is 5.97 Å². The van der Waals surface area contributed by atoms with Gasteiger partial charge in [-0.2, -0.15) is 5.10 Å². The van der Waals surface area contributed by atoms with Gasteiger partial charge in [0.05, 0.1) is 13.2 Å². The lowest BCUT2D eigenvalue weighted by Crippen LogP contribution is -2.13. The maximum atomic E-state index is 13.7. The largest absolute Gasteiger partial charge is 0.468 e. The Balaban J connectivity index is 1.72. The molecule has 1 aliphatic carbocycles. The molecule has 6 heteroatoms. The Morgan fingerprint density at radius 1 is 1.52 bits per heavy atom. The summed E-state index contributed by atoms with van der Waals surface area (Å²) in [4.78, 5) is 11.2. The summed E-state index contributed by atoms with van der Waals surface area (Å²) in [6.45, 7) is 0.0774. The zero-order valence-corrected chi connectivity index (χ0v) is 11.7. The van der Waals surface area contributed by atoms with E-state index in [0.717, 1.165) is 24.0 Å². The number of carbonyl (C=O) groups excluding carboxylic acids is 1. The number of ether oxygens (including phenoxy) is 1. The molecule has 5 nitrogen and oxygen atoms in total. The number of halogens is 1. The molecule has 0 fully saturated rings. The Hall–Kier alpha value is -2.37. The normalized spacial score (nSPS) is 16.6. The van der Waals surface area contributed by atoms with Gasteiger partial charge in [0, 0.05) is 12.3 Å². The van der Waals surface area contributed by atoms with Crippen molar-refractivity contribution in [2.45, 2.75) is 25.4 Å². The minimum atomic E-state index is -0.349. The summed E-state index contributed by atoms with van der Waals surface area (Å²) in [7, 11) is 1.34. The van der Waals surface area contributed by atoms with E-state index in [1.54, 1.807) is 18.3 Å². The summed E-state index contributed by atoms with van der Waals surface area (Å²) in [5.74, 6) is 0.173. The molecule has 1 unspecified atom stereocenters. The molecule has 0 saturated heterocycles. The highest BCUT2D eigenvalue weighted by Gasteiger charge is 2.25. The zero-order valence-electron chi connectivity index (χ0n) is 11.7. The number of hydrogen-bond donors (Lipinski definition) is 1. The van der Waals surface area contributed by atoms with E-state index in [-0.39, 0.29) is 24.4 Å². The second-order valence-electron chi connectivity index (χ2n) is 5.02. The van der Waals surface area contributed by atoms with E-state index in [4.69, 9.17) is 0 Å². The van der Waals surface area contributed by atoms with E-state index in [0.29, 0.717) is 5.82 Å². The molecule has 3 rings (SSSR count). The highest BCUT2D eigenvalue weighted by molar-refractivity contribution is 5.68. The minimum absolute atomic E-state index is 0.0529. The number of hydrogen-bond acceptors (Lipinski definition) is 4. The van der Waals surface area contributed by atoms with Crippen molar-refractivity contribution in [3.63, 3.8) is 0 Å². The third kappa shape index (κ3) is 2.74. The van der Waals surface area contributed by atoms with E-state index in [1.807, 2.05) is 6.07 Å². The SMILES string of the molecule is COC(=O)Cn1ccc(NC2CCc3c(F)cccc32)n1. The van der Waals surface area contributed by atoms with Crippen molar-refractivity contribution in [2.24, 2.45) is 0 Å². The second-order valence-corrected chi connectivity index (χ2v) is 5.02. The molecule has 1 aromatic heterocycles. The van der Waals surface area contributed by atoms with Gasteiger partial charge < -0.3 is 10.1 Å². The van der Waals surface area contributed by atoms with Gasteiger partial charge in [-0.05, 0) is 30.0 Å². The molecule has 0 radical (unpaired) electrons. The molecule has 1 aliphatic rings. The summed E-state index contributed by atoms with van der Waals surface area (Å²) >= 11 is 0. The van der Waals surface area contributed by atoms with Gasteiger partial charge in [-0.1, -0.05) is 12.1 Å². The van der Waals surface area contributed by atoms with Crippen LogP contribution in [0.4, 0.5) is 10.2 Å². The molecule has 0 amide bonds. The van der Waals surface area contributed by atoms with E-state index in [9.17, 15) is 9.18 Å². The van der Waals surface area contributed by atoms with Crippen molar-refractivity contribution >= 4 is 11.8 Å². The predicted molar refractivity (Wildman–Crippen MR) is 75.3 cm³/mol. The fourth-order valence-electron chi connectivity index (χ4n) is 2.66.